The molecule has 122 valence electrons. The third kappa shape index (κ3) is 2.01. The summed E-state index contributed by atoms with van der Waals surface area (Å²) in [6, 6.07) is 1.80. The van der Waals surface area contributed by atoms with E-state index >= 15 is 0 Å². The molecule has 8 nitrogen and oxygen atoms in total. The standard InChI is InChI=1S/C14H15N3O5S/c1-23-12-8-6-2-3-21-13(6)17(11(8)15-5-16-12)14-10(20)9(19)7(4-18)22-14/h2-3,5,7,9-10,14,18-20H,4H2,1H3/t7-,9-,10-,14-/m1/s1. The van der Waals surface area contributed by atoms with E-state index in [1.807, 2.05) is 6.26 Å². The number of aliphatic hydroxyl groups is 3. The van der Waals surface area contributed by atoms with Gasteiger partial charge in [0.15, 0.2) is 6.23 Å². The molecule has 3 aromatic rings. The third-order valence-electron chi connectivity index (χ3n) is 4.12. The maximum Gasteiger partial charge on any atom is 0.211 e. The molecular formula is C14H15N3O5S. The van der Waals surface area contributed by atoms with Crippen molar-refractivity contribution >= 4 is 33.9 Å². The van der Waals surface area contributed by atoms with Crippen molar-refractivity contribution in [3.63, 3.8) is 0 Å². The Balaban J connectivity index is 1.97. The number of furan rings is 1. The first-order valence-corrected chi connectivity index (χ1v) is 8.28. The van der Waals surface area contributed by atoms with Crippen LogP contribution in [0.5, 0.6) is 0 Å². The number of aromatic nitrogens is 3. The molecule has 1 fully saturated rings. The van der Waals surface area contributed by atoms with Gasteiger partial charge in [0.05, 0.1) is 23.6 Å². The molecule has 0 bridgehead atoms. The number of fused-ring (bicyclic) bond motifs is 3. The fraction of sp³-hybridized carbons (Fsp3) is 0.429. The van der Waals surface area contributed by atoms with E-state index in [0.29, 0.717) is 11.4 Å². The number of thioether (sulfide) groups is 1. The zero-order valence-electron chi connectivity index (χ0n) is 12.2. The Morgan fingerprint density at radius 1 is 1.30 bits per heavy atom. The summed E-state index contributed by atoms with van der Waals surface area (Å²) in [4.78, 5) is 8.56. The summed E-state index contributed by atoms with van der Waals surface area (Å²) >= 11 is 1.48. The van der Waals surface area contributed by atoms with Crippen molar-refractivity contribution < 1.29 is 24.5 Å². The van der Waals surface area contributed by atoms with Gasteiger partial charge in [-0.15, -0.1) is 11.8 Å². The molecule has 1 aliphatic heterocycles. The quantitative estimate of drug-likeness (QED) is 0.468. The third-order valence-corrected chi connectivity index (χ3v) is 4.81. The van der Waals surface area contributed by atoms with Gasteiger partial charge in [-0.1, -0.05) is 0 Å². The largest absolute Gasteiger partial charge is 0.448 e. The van der Waals surface area contributed by atoms with Gasteiger partial charge in [0, 0.05) is 0 Å². The van der Waals surface area contributed by atoms with Crippen molar-refractivity contribution in [2.75, 3.05) is 12.9 Å². The van der Waals surface area contributed by atoms with Crippen molar-refractivity contribution in [1.29, 1.82) is 0 Å². The second-order valence-corrected chi connectivity index (χ2v) is 6.11. The lowest BCUT2D eigenvalue weighted by Gasteiger charge is -2.17. The molecule has 0 spiro atoms. The van der Waals surface area contributed by atoms with Gasteiger partial charge in [0.2, 0.25) is 5.71 Å². The van der Waals surface area contributed by atoms with E-state index in [1.165, 1.54) is 18.1 Å². The summed E-state index contributed by atoms with van der Waals surface area (Å²) in [6.07, 6.45) is 0.733. The Labute approximate surface area is 134 Å². The minimum absolute atomic E-state index is 0.389. The van der Waals surface area contributed by atoms with Crippen LogP contribution in [0.3, 0.4) is 0 Å². The number of ether oxygens (including phenoxy) is 1. The number of aliphatic hydroxyl groups excluding tert-OH is 3. The van der Waals surface area contributed by atoms with Crippen molar-refractivity contribution in [2.24, 2.45) is 0 Å². The number of hydrogen-bond acceptors (Lipinski definition) is 8. The summed E-state index contributed by atoms with van der Waals surface area (Å²) in [5.74, 6) is 0. The van der Waals surface area contributed by atoms with Gasteiger partial charge in [-0.2, -0.15) is 0 Å². The molecule has 9 heteroatoms. The first-order valence-electron chi connectivity index (χ1n) is 7.06. The van der Waals surface area contributed by atoms with Gasteiger partial charge < -0.3 is 24.5 Å². The lowest BCUT2D eigenvalue weighted by atomic mass is 10.1. The zero-order valence-corrected chi connectivity index (χ0v) is 13.0. The molecule has 0 aromatic carbocycles. The minimum Gasteiger partial charge on any atom is -0.448 e. The van der Waals surface area contributed by atoms with Crippen LogP contribution >= 0.6 is 11.8 Å². The van der Waals surface area contributed by atoms with E-state index in [9.17, 15) is 15.3 Å². The molecule has 4 rings (SSSR count). The van der Waals surface area contributed by atoms with Gasteiger partial charge in [-0.05, 0) is 12.3 Å². The van der Waals surface area contributed by atoms with Crippen LogP contribution in [0.2, 0.25) is 0 Å². The summed E-state index contributed by atoms with van der Waals surface area (Å²) in [7, 11) is 0. The maximum atomic E-state index is 10.3. The highest BCUT2D eigenvalue weighted by Gasteiger charge is 2.45. The highest BCUT2D eigenvalue weighted by Crippen LogP contribution is 2.39. The average Bonchev–Trinajstić information content (AvgIpc) is 3.22. The highest BCUT2D eigenvalue weighted by molar-refractivity contribution is 7.98. The predicted octanol–water partition coefficient (Wildman–Crippen LogP) is 0.511. The highest BCUT2D eigenvalue weighted by atomic mass is 32.2. The van der Waals surface area contributed by atoms with E-state index < -0.39 is 24.5 Å². The van der Waals surface area contributed by atoms with Crippen LogP contribution < -0.4 is 0 Å². The van der Waals surface area contributed by atoms with E-state index in [2.05, 4.69) is 9.97 Å². The van der Waals surface area contributed by atoms with Gasteiger partial charge in [-0.25, -0.2) is 9.97 Å². The number of rotatable bonds is 3. The monoisotopic (exact) mass is 337 g/mol. The Morgan fingerprint density at radius 3 is 2.83 bits per heavy atom. The van der Waals surface area contributed by atoms with Crippen LogP contribution in [0.15, 0.2) is 28.1 Å². The Bertz CT molecular complexity index is 863. The molecule has 3 aromatic heterocycles. The molecule has 4 heterocycles. The first kappa shape index (κ1) is 14.9. The fourth-order valence-corrected chi connectivity index (χ4v) is 3.60. The molecule has 0 unspecified atom stereocenters. The molecule has 0 saturated carbocycles. The first-order chi connectivity index (χ1) is 11.2. The van der Waals surface area contributed by atoms with Gasteiger partial charge >= 0.3 is 0 Å². The number of nitrogens with zero attached hydrogens (tertiary/aromatic N) is 3. The van der Waals surface area contributed by atoms with Crippen molar-refractivity contribution in [2.45, 2.75) is 29.6 Å². The molecular weight excluding hydrogens is 322 g/mol. The van der Waals surface area contributed by atoms with Gasteiger partial charge in [0.1, 0.15) is 35.3 Å². The lowest BCUT2D eigenvalue weighted by Crippen LogP contribution is -2.33. The molecule has 4 atom stereocenters. The van der Waals surface area contributed by atoms with Crippen LogP contribution in [-0.2, 0) is 4.74 Å². The topological polar surface area (TPSA) is 114 Å². The van der Waals surface area contributed by atoms with Crippen molar-refractivity contribution in [3.05, 3.63) is 18.7 Å². The molecule has 3 N–H and O–H groups in total. The zero-order chi connectivity index (χ0) is 16.1. The predicted molar refractivity (Wildman–Crippen MR) is 82.1 cm³/mol. The van der Waals surface area contributed by atoms with Crippen molar-refractivity contribution in [3.8, 4) is 0 Å². The van der Waals surface area contributed by atoms with Crippen LogP contribution in [-0.4, -0.2) is 61.0 Å². The summed E-state index contributed by atoms with van der Waals surface area (Å²) in [6.45, 7) is -0.389. The van der Waals surface area contributed by atoms with Gasteiger partial charge in [-0.3, -0.25) is 4.57 Å². The maximum absolute atomic E-state index is 10.3. The SMILES string of the molecule is CSc1ncnc2c1c1ccoc1n2[C@@H]1O[C@H](CO)[C@@H](O)[C@H]1O. The Hall–Kier alpha value is -1.65. The van der Waals surface area contributed by atoms with Crippen LogP contribution in [0.1, 0.15) is 6.23 Å². The van der Waals surface area contributed by atoms with Crippen LogP contribution in [0.4, 0.5) is 0 Å². The molecule has 1 aliphatic rings. The number of hydrogen-bond donors (Lipinski definition) is 3. The van der Waals surface area contributed by atoms with Crippen LogP contribution in [0.25, 0.3) is 22.1 Å². The molecule has 1 saturated heterocycles. The Morgan fingerprint density at radius 2 is 2.13 bits per heavy atom. The minimum atomic E-state index is -1.20. The van der Waals surface area contributed by atoms with E-state index in [0.717, 1.165) is 15.8 Å². The van der Waals surface area contributed by atoms with Crippen LogP contribution in [0, 0.1) is 0 Å². The second-order valence-electron chi connectivity index (χ2n) is 5.32. The van der Waals surface area contributed by atoms with Gasteiger partial charge in [0.25, 0.3) is 0 Å². The Kier molecular flexibility index (Phi) is 3.54. The van der Waals surface area contributed by atoms with Crippen molar-refractivity contribution in [1.82, 2.24) is 14.5 Å². The normalized spacial score (nSPS) is 28.2. The average molecular weight is 337 g/mol. The van der Waals surface area contributed by atoms with E-state index in [1.54, 1.807) is 16.9 Å². The second kappa shape index (κ2) is 5.46. The van der Waals surface area contributed by atoms with E-state index in [4.69, 9.17) is 9.15 Å². The summed E-state index contributed by atoms with van der Waals surface area (Å²) < 4.78 is 12.8. The summed E-state index contributed by atoms with van der Waals surface area (Å²) in [5.41, 5.74) is 1.03. The molecule has 0 radical (unpaired) electrons. The molecule has 23 heavy (non-hydrogen) atoms. The smallest absolute Gasteiger partial charge is 0.211 e. The fourth-order valence-electron chi connectivity index (χ4n) is 3.04. The van der Waals surface area contributed by atoms with E-state index in [-0.39, 0.29) is 6.61 Å². The lowest BCUT2D eigenvalue weighted by molar-refractivity contribution is -0.0500. The summed E-state index contributed by atoms with van der Waals surface area (Å²) in [5, 5.41) is 32.0. The molecule has 0 amide bonds. The molecule has 0 aliphatic carbocycles.